The van der Waals surface area contributed by atoms with Crippen molar-refractivity contribution in [3.8, 4) is 0 Å². The summed E-state index contributed by atoms with van der Waals surface area (Å²) < 4.78 is 32.4. The van der Waals surface area contributed by atoms with Crippen LogP contribution in [0.15, 0.2) is 24.3 Å². The van der Waals surface area contributed by atoms with Crippen LogP contribution in [0.2, 0.25) is 0 Å². The third-order valence-corrected chi connectivity index (χ3v) is 6.83. The molecule has 0 fully saturated rings. The number of nitrogens with two attached hydrogens (primary N) is 1. The van der Waals surface area contributed by atoms with Gasteiger partial charge in [-0.1, -0.05) is 89.5 Å². The highest BCUT2D eigenvalue weighted by Gasteiger charge is 2.25. The van der Waals surface area contributed by atoms with Crippen LogP contribution in [-0.2, 0) is 27.9 Å². The molecule has 0 spiro atoms. The molecule has 0 bridgehead atoms. The predicted molar refractivity (Wildman–Crippen MR) is 155 cm³/mol. The highest BCUT2D eigenvalue weighted by molar-refractivity contribution is 7.47. The van der Waals surface area contributed by atoms with Crippen LogP contribution in [0.25, 0.3) is 0 Å². The molecule has 2 atom stereocenters. The van der Waals surface area contributed by atoms with Crippen LogP contribution >= 0.6 is 7.82 Å². The highest BCUT2D eigenvalue weighted by Crippen LogP contribution is 2.43. The number of esters is 1. The van der Waals surface area contributed by atoms with Crippen molar-refractivity contribution in [2.75, 3.05) is 33.0 Å². The Morgan fingerprint density at radius 2 is 1.39 bits per heavy atom. The predicted octanol–water partition coefficient (Wildman–Crippen LogP) is 7.40. The van der Waals surface area contributed by atoms with Crippen LogP contribution in [-0.4, -0.2) is 49.9 Å². The Morgan fingerprint density at radius 3 is 2.00 bits per heavy atom. The summed E-state index contributed by atoms with van der Waals surface area (Å²) in [5.41, 5.74) is 5.27. The molecule has 3 N–H and O–H groups in total. The summed E-state index contributed by atoms with van der Waals surface area (Å²) >= 11 is 0. The smallest absolute Gasteiger partial charge is 0.457 e. The van der Waals surface area contributed by atoms with Gasteiger partial charge in [0.05, 0.1) is 19.8 Å². The number of rotatable bonds is 28. The second kappa shape index (κ2) is 27.5. The zero-order valence-electron chi connectivity index (χ0n) is 24.2. The lowest BCUT2D eigenvalue weighted by Gasteiger charge is -2.19. The summed E-state index contributed by atoms with van der Waals surface area (Å²) in [7, 11) is -4.23. The van der Waals surface area contributed by atoms with E-state index in [-0.39, 0.29) is 38.8 Å². The second-order valence-corrected chi connectivity index (χ2v) is 11.1. The molecule has 0 aliphatic rings. The van der Waals surface area contributed by atoms with Crippen LogP contribution < -0.4 is 5.73 Å². The Morgan fingerprint density at radius 1 is 0.789 bits per heavy atom. The Hall–Kier alpha value is -1.02. The van der Waals surface area contributed by atoms with E-state index < -0.39 is 13.9 Å². The van der Waals surface area contributed by atoms with Crippen molar-refractivity contribution in [3.05, 3.63) is 24.3 Å². The maximum Gasteiger partial charge on any atom is 0.472 e. The van der Waals surface area contributed by atoms with Crippen molar-refractivity contribution in [1.82, 2.24) is 0 Å². The number of phosphoric ester groups is 1. The number of hydrogen-bond donors (Lipinski definition) is 2. The minimum atomic E-state index is -4.23. The summed E-state index contributed by atoms with van der Waals surface area (Å²) in [6.45, 7) is 4.49. The number of carbonyl (C=O) groups is 1. The lowest BCUT2D eigenvalue weighted by molar-refractivity contribution is -0.154. The van der Waals surface area contributed by atoms with Crippen LogP contribution in [0.1, 0.15) is 117 Å². The van der Waals surface area contributed by atoms with Gasteiger partial charge in [0.15, 0.2) is 0 Å². The van der Waals surface area contributed by atoms with Crippen molar-refractivity contribution in [1.29, 1.82) is 0 Å². The summed E-state index contributed by atoms with van der Waals surface area (Å²) in [4.78, 5) is 21.5. The Kier molecular flexibility index (Phi) is 26.8. The first-order chi connectivity index (χ1) is 18.4. The fraction of sp³-hybridized carbons (Fsp3) is 0.828. The van der Waals surface area contributed by atoms with Crippen molar-refractivity contribution in [2.45, 2.75) is 123 Å². The van der Waals surface area contributed by atoms with Crippen LogP contribution in [0.4, 0.5) is 0 Å². The molecule has 0 radical (unpaired) electrons. The molecule has 0 rings (SSSR count). The first kappa shape index (κ1) is 37.0. The van der Waals surface area contributed by atoms with Gasteiger partial charge in [-0.2, -0.15) is 0 Å². The van der Waals surface area contributed by atoms with Crippen LogP contribution in [0.3, 0.4) is 0 Å². The minimum Gasteiger partial charge on any atom is -0.457 e. The van der Waals surface area contributed by atoms with E-state index in [2.05, 4.69) is 31.2 Å². The first-order valence-corrected chi connectivity index (χ1v) is 16.3. The normalized spacial score (nSPS) is 14.3. The molecule has 0 aromatic heterocycles. The topological polar surface area (TPSA) is 117 Å². The van der Waals surface area contributed by atoms with Gasteiger partial charge in [0.2, 0.25) is 0 Å². The number of phosphoric acid groups is 1. The summed E-state index contributed by atoms with van der Waals surface area (Å²) in [5.74, 6) is -0.387. The van der Waals surface area contributed by atoms with E-state index in [0.717, 1.165) is 19.3 Å². The minimum absolute atomic E-state index is 0.0979. The molecule has 38 heavy (non-hydrogen) atoms. The van der Waals surface area contributed by atoms with Gasteiger partial charge in [0.1, 0.15) is 6.10 Å². The van der Waals surface area contributed by atoms with Crippen molar-refractivity contribution in [3.63, 3.8) is 0 Å². The van der Waals surface area contributed by atoms with Crippen LogP contribution in [0.5, 0.6) is 0 Å². The molecule has 0 saturated carbocycles. The molecule has 0 aromatic carbocycles. The summed E-state index contributed by atoms with van der Waals surface area (Å²) in [5, 5.41) is 0. The third kappa shape index (κ3) is 26.6. The zero-order chi connectivity index (χ0) is 28.2. The molecule has 0 aliphatic heterocycles. The van der Waals surface area contributed by atoms with Crippen LogP contribution in [0, 0.1) is 0 Å². The van der Waals surface area contributed by atoms with E-state index >= 15 is 0 Å². The molecule has 224 valence electrons. The SMILES string of the molecule is CCCCC/C=C\C/C=C\CCCCCCCCCCOCC(COP(=O)(O)OCCN)OC(=O)CCC. The molecule has 0 aliphatic carbocycles. The van der Waals surface area contributed by atoms with Gasteiger partial charge in [-0.15, -0.1) is 0 Å². The van der Waals surface area contributed by atoms with Gasteiger partial charge in [-0.3, -0.25) is 13.8 Å². The molecule has 8 nitrogen and oxygen atoms in total. The maximum atomic E-state index is 11.8. The lowest BCUT2D eigenvalue weighted by atomic mass is 10.1. The van der Waals surface area contributed by atoms with E-state index in [1.807, 2.05) is 6.92 Å². The number of carbonyl (C=O) groups excluding carboxylic acids is 1. The van der Waals surface area contributed by atoms with E-state index in [0.29, 0.717) is 13.0 Å². The maximum absolute atomic E-state index is 11.8. The Labute approximate surface area is 232 Å². The number of unbranched alkanes of at least 4 members (excludes halogenated alkanes) is 11. The van der Waals surface area contributed by atoms with Crippen molar-refractivity contribution < 1.29 is 32.8 Å². The third-order valence-electron chi connectivity index (χ3n) is 5.84. The van der Waals surface area contributed by atoms with Gasteiger partial charge < -0.3 is 20.1 Å². The monoisotopic (exact) mass is 561 g/mol. The van der Waals surface area contributed by atoms with E-state index in [1.54, 1.807) is 0 Å². The standard InChI is InChI=1S/C29H56NO7P/c1-3-5-6-7-8-9-10-11-12-13-14-15-16-17-18-19-20-21-24-34-26-28(37-29(31)22-4-2)27-36-38(32,33)35-25-23-30/h8-9,11-12,28H,3-7,10,13-27,30H2,1-2H3,(H,32,33)/b9-8-,12-11-. The average Bonchev–Trinajstić information content (AvgIpc) is 2.89. The quantitative estimate of drug-likeness (QED) is 0.0439. The van der Waals surface area contributed by atoms with Gasteiger partial charge in [0, 0.05) is 19.6 Å². The van der Waals surface area contributed by atoms with Gasteiger partial charge in [-0.05, 0) is 44.9 Å². The molecule has 0 saturated heterocycles. The van der Waals surface area contributed by atoms with Gasteiger partial charge in [0.25, 0.3) is 0 Å². The summed E-state index contributed by atoms with van der Waals surface area (Å²) in [6.07, 6.45) is 26.3. The number of hydrogen-bond acceptors (Lipinski definition) is 7. The Balaban J connectivity index is 3.77. The molecular formula is C29H56NO7P. The highest BCUT2D eigenvalue weighted by atomic mass is 31.2. The lowest BCUT2D eigenvalue weighted by Crippen LogP contribution is -2.28. The van der Waals surface area contributed by atoms with Crippen molar-refractivity contribution in [2.24, 2.45) is 5.73 Å². The fourth-order valence-electron chi connectivity index (χ4n) is 3.71. The fourth-order valence-corrected chi connectivity index (χ4v) is 4.47. The molecule has 0 heterocycles. The number of allylic oxidation sites excluding steroid dienone is 4. The second-order valence-electron chi connectivity index (χ2n) is 9.61. The van der Waals surface area contributed by atoms with Gasteiger partial charge in [-0.25, -0.2) is 4.57 Å². The Bertz CT molecular complexity index is 642. The molecular weight excluding hydrogens is 505 g/mol. The van der Waals surface area contributed by atoms with E-state index in [4.69, 9.17) is 24.3 Å². The van der Waals surface area contributed by atoms with Gasteiger partial charge >= 0.3 is 13.8 Å². The molecule has 2 unspecified atom stereocenters. The van der Waals surface area contributed by atoms with Crippen molar-refractivity contribution >= 4 is 13.8 Å². The number of ether oxygens (including phenoxy) is 2. The average molecular weight is 562 g/mol. The van der Waals surface area contributed by atoms with E-state index in [9.17, 15) is 14.3 Å². The summed E-state index contributed by atoms with van der Waals surface area (Å²) in [6, 6.07) is 0. The molecule has 0 aromatic rings. The molecule has 9 heteroatoms. The molecule has 0 amide bonds. The largest absolute Gasteiger partial charge is 0.472 e. The zero-order valence-corrected chi connectivity index (χ0v) is 25.1. The van der Waals surface area contributed by atoms with E-state index in [1.165, 1.54) is 70.6 Å². The first-order valence-electron chi connectivity index (χ1n) is 14.8.